The number of benzene rings is 2. The van der Waals surface area contributed by atoms with Crippen molar-refractivity contribution in [3.63, 3.8) is 0 Å². The first-order valence-corrected chi connectivity index (χ1v) is 10.5. The molecule has 146 valence electrons. The van der Waals surface area contributed by atoms with Crippen LogP contribution in [0.2, 0.25) is 0 Å². The molecule has 29 heavy (non-hydrogen) atoms. The van der Waals surface area contributed by atoms with E-state index in [2.05, 4.69) is 24.3 Å². The largest absolute Gasteiger partial charge is 0.317 e. The number of imide groups is 1. The number of carbonyl (C=O) groups excluding carboxylic acids is 2. The van der Waals surface area contributed by atoms with Gasteiger partial charge in [0, 0.05) is 24.1 Å². The minimum absolute atomic E-state index is 0.192. The number of aryl methyl sites for hydroxylation is 2. The summed E-state index contributed by atoms with van der Waals surface area (Å²) < 4.78 is 2.02. The van der Waals surface area contributed by atoms with Crippen LogP contribution >= 0.6 is 11.8 Å². The molecule has 4 rings (SSSR count). The first-order valence-electron chi connectivity index (χ1n) is 9.65. The molecule has 2 amide bonds. The summed E-state index contributed by atoms with van der Waals surface area (Å²) in [7, 11) is 0. The Kier molecular flexibility index (Phi) is 5.67. The van der Waals surface area contributed by atoms with Gasteiger partial charge < -0.3 is 4.57 Å². The Morgan fingerprint density at radius 2 is 1.69 bits per heavy atom. The lowest BCUT2D eigenvalue weighted by molar-refractivity contribution is -0.122. The third kappa shape index (κ3) is 4.35. The normalized spacial score (nSPS) is 15.5. The molecule has 0 radical (unpaired) electrons. The van der Waals surface area contributed by atoms with Crippen molar-refractivity contribution < 1.29 is 9.59 Å². The van der Waals surface area contributed by atoms with Crippen LogP contribution in [-0.4, -0.2) is 27.2 Å². The smallest absolute Gasteiger partial charge is 0.293 e. The highest BCUT2D eigenvalue weighted by Gasteiger charge is 2.34. The van der Waals surface area contributed by atoms with Crippen LogP contribution in [0.1, 0.15) is 23.2 Å². The van der Waals surface area contributed by atoms with Gasteiger partial charge in [-0.3, -0.25) is 14.5 Å². The van der Waals surface area contributed by atoms with E-state index < -0.39 is 0 Å². The van der Waals surface area contributed by atoms with Crippen molar-refractivity contribution in [3.05, 3.63) is 94.7 Å². The summed E-state index contributed by atoms with van der Waals surface area (Å²) in [5, 5.41) is -0.192. The average molecular weight is 403 g/mol. The van der Waals surface area contributed by atoms with E-state index >= 15 is 0 Å². The first kappa shape index (κ1) is 19.3. The lowest BCUT2D eigenvalue weighted by atomic mass is 10.1. The molecule has 0 N–H and O–H groups in total. The molecule has 0 atom stereocenters. The van der Waals surface area contributed by atoms with Crippen LogP contribution < -0.4 is 0 Å². The molecule has 1 fully saturated rings. The molecule has 1 aliphatic heterocycles. The molecule has 4 nitrogen and oxygen atoms in total. The van der Waals surface area contributed by atoms with Gasteiger partial charge in [-0.15, -0.1) is 0 Å². The average Bonchev–Trinajstić information content (AvgIpc) is 3.29. The van der Waals surface area contributed by atoms with E-state index in [0.29, 0.717) is 11.4 Å². The predicted molar refractivity (Wildman–Crippen MR) is 118 cm³/mol. The summed E-state index contributed by atoms with van der Waals surface area (Å²) in [4.78, 5) is 27.0. The van der Waals surface area contributed by atoms with Crippen LogP contribution in [0.15, 0.2) is 77.8 Å². The fourth-order valence-electron chi connectivity index (χ4n) is 3.37. The Hall–Kier alpha value is -3.05. The van der Waals surface area contributed by atoms with Gasteiger partial charge in [-0.2, -0.15) is 0 Å². The molecule has 0 saturated carbocycles. The zero-order chi connectivity index (χ0) is 20.2. The maximum atomic E-state index is 12.8. The molecule has 0 spiro atoms. The van der Waals surface area contributed by atoms with Gasteiger partial charge in [-0.25, -0.2) is 0 Å². The SMILES string of the molecule is Cc1ccc(-n2cccc2/C=C2/SC(=O)N(CCCc3ccccc3)C2=O)cc1. The Morgan fingerprint density at radius 3 is 2.45 bits per heavy atom. The summed E-state index contributed by atoms with van der Waals surface area (Å²) in [6.45, 7) is 2.49. The van der Waals surface area contributed by atoms with Gasteiger partial charge in [-0.1, -0.05) is 48.0 Å². The van der Waals surface area contributed by atoms with Crippen molar-refractivity contribution in [2.45, 2.75) is 19.8 Å². The van der Waals surface area contributed by atoms with Crippen molar-refractivity contribution in [3.8, 4) is 5.69 Å². The fraction of sp³-hybridized carbons (Fsp3) is 0.167. The molecular weight excluding hydrogens is 380 g/mol. The highest BCUT2D eigenvalue weighted by Crippen LogP contribution is 2.33. The summed E-state index contributed by atoms with van der Waals surface area (Å²) in [6, 6.07) is 22.2. The molecular formula is C24H22N2O2S. The molecule has 2 aromatic carbocycles. The Bertz CT molecular complexity index is 1050. The first-order chi connectivity index (χ1) is 14.1. The quantitative estimate of drug-likeness (QED) is 0.515. The standard InChI is InChI=1S/C24H22N2O2S/c1-18-11-13-20(14-12-18)25-15-6-10-21(25)17-22-23(27)26(24(28)29-22)16-5-9-19-7-3-2-4-8-19/h2-4,6-8,10-15,17H,5,9,16H2,1H3/b22-17+. The number of hydrogen-bond donors (Lipinski definition) is 0. The number of amides is 2. The van der Waals surface area contributed by atoms with Gasteiger partial charge in [0.1, 0.15) is 0 Å². The third-order valence-electron chi connectivity index (χ3n) is 4.94. The van der Waals surface area contributed by atoms with Crippen LogP contribution in [0.25, 0.3) is 11.8 Å². The Balaban J connectivity index is 1.47. The van der Waals surface area contributed by atoms with Gasteiger partial charge in [0.05, 0.1) is 4.91 Å². The van der Waals surface area contributed by atoms with Crippen molar-refractivity contribution in [2.24, 2.45) is 0 Å². The minimum atomic E-state index is -0.204. The Morgan fingerprint density at radius 1 is 0.931 bits per heavy atom. The predicted octanol–water partition coefficient (Wildman–Crippen LogP) is 5.45. The fourth-order valence-corrected chi connectivity index (χ4v) is 4.21. The van der Waals surface area contributed by atoms with Crippen LogP contribution in [0, 0.1) is 6.92 Å². The topological polar surface area (TPSA) is 42.3 Å². The molecule has 3 aromatic rings. The van der Waals surface area contributed by atoms with Crippen molar-refractivity contribution in [2.75, 3.05) is 6.54 Å². The summed E-state index contributed by atoms with van der Waals surface area (Å²) in [5.41, 5.74) is 4.31. The van der Waals surface area contributed by atoms with Gasteiger partial charge in [-0.05, 0) is 67.4 Å². The number of nitrogens with zero attached hydrogens (tertiary/aromatic N) is 2. The maximum Gasteiger partial charge on any atom is 0.293 e. The molecule has 1 saturated heterocycles. The number of rotatable bonds is 6. The van der Waals surface area contributed by atoms with Gasteiger partial charge >= 0.3 is 0 Å². The molecule has 2 heterocycles. The number of thioether (sulfide) groups is 1. The van der Waals surface area contributed by atoms with Gasteiger partial charge in [0.25, 0.3) is 11.1 Å². The van der Waals surface area contributed by atoms with E-state index in [-0.39, 0.29) is 11.1 Å². The zero-order valence-corrected chi connectivity index (χ0v) is 17.1. The second-order valence-corrected chi connectivity index (χ2v) is 8.05. The summed E-state index contributed by atoms with van der Waals surface area (Å²) in [6.07, 6.45) is 5.37. The van der Waals surface area contributed by atoms with Crippen molar-refractivity contribution in [1.82, 2.24) is 9.47 Å². The number of aromatic nitrogens is 1. The van der Waals surface area contributed by atoms with E-state index in [9.17, 15) is 9.59 Å². The van der Waals surface area contributed by atoms with E-state index in [1.807, 2.05) is 66.2 Å². The molecule has 1 aromatic heterocycles. The van der Waals surface area contributed by atoms with Crippen LogP contribution in [0.4, 0.5) is 4.79 Å². The minimum Gasteiger partial charge on any atom is -0.317 e. The molecule has 0 unspecified atom stereocenters. The second kappa shape index (κ2) is 8.53. The maximum absolute atomic E-state index is 12.8. The highest BCUT2D eigenvalue weighted by atomic mass is 32.2. The van der Waals surface area contributed by atoms with E-state index in [0.717, 1.165) is 36.0 Å². The molecule has 0 aliphatic carbocycles. The summed E-state index contributed by atoms with van der Waals surface area (Å²) >= 11 is 1.02. The molecule has 0 bridgehead atoms. The van der Waals surface area contributed by atoms with E-state index in [1.54, 1.807) is 0 Å². The number of hydrogen-bond acceptors (Lipinski definition) is 3. The van der Waals surface area contributed by atoms with Crippen LogP contribution in [0.5, 0.6) is 0 Å². The lowest BCUT2D eigenvalue weighted by Crippen LogP contribution is -2.29. The Labute approximate surface area is 174 Å². The van der Waals surface area contributed by atoms with Gasteiger partial charge in [0.15, 0.2) is 0 Å². The summed E-state index contributed by atoms with van der Waals surface area (Å²) in [5.74, 6) is -0.204. The van der Waals surface area contributed by atoms with Crippen molar-refractivity contribution in [1.29, 1.82) is 0 Å². The monoisotopic (exact) mass is 402 g/mol. The van der Waals surface area contributed by atoms with E-state index in [1.165, 1.54) is 16.0 Å². The highest BCUT2D eigenvalue weighted by molar-refractivity contribution is 8.18. The van der Waals surface area contributed by atoms with Crippen molar-refractivity contribution >= 4 is 29.0 Å². The zero-order valence-electron chi connectivity index (χ0n) is 16.2. The molecule has 5 heteroatoms. The number of carbonyl (C=O) groups is 2. The third-order valence-corrected chi connectivity index (χ3v) is 5.84. The lowest BCUT2D eigenvalue weighted by Gasteiger charge is -2.12. The van der Waals surface area contributed by atoms with E-state index in [4.69, 9.17) is 0 Å². The second-order valence-electron chi connectivity index (χ2n) is 7.06. The molecule has 1 aliphatic rings. The van der Waals surface area contributed by atoms with Gasteiger partial charge in [0.2, 0.25) is 0 Å². The van der Waals surface area contributed by atoms with Crippen LogP contribution in [0.3, 0.4) is 0 Å². The van der Waals surface area contributed by atoms with Crippen LogP contribution in [-0.2, 0) is 11.2 Å².